The van der Waals surface area contributed by atoms with E-state index in [2.05, 4.69) is 21.9 Å². The number of amides is 4. The van der Waals surface area contributed by atoms with Crippen molar-refractivity contribution in [2.75, 3.05) is 13.7 Å². The van der Waals surface area contributed by atoms with E-state index in [0.29, 0.717) is 40.9 Å². The summed E-state index contributed by atoms with van der Waals surface area (Å²) >= 11 is 0. The number of ether oxygens (including phenoxy) is 3. The maximum absolute atomic E-state index is 14.7. The Balaban J connectivity index is 1.34. The Morgan fingerprint density at radius 3 is 2.29 bits per heavy atom. The van der Waals surface area contributed by atoms with Gasteiger partial charge < -0.3 is 29.7 Å². The normalized spacial score (nSPS) is 22.8. The molecule has 1 aromatic heterocycles. The van der Waals surface area contributed by atoms with Gasteiger partial charge in [-0.05, 0) is 57.6 Å². The molecule has 2 heterocycles. The minimum Gasteiger partial charge on any atom is -0.497 e. The summed E-state index contributed by atoms with van der Waals surface area (Å²) in [6.07, 6.45) is 3.47. The van der Waals surface area contributed by atoms with Gasteiger partial charge in [0, 0.05) is 35.4 Å². The van der Waals surface area contributed by atoms with Crippen LogP contribution < -0.4 is 24.8 Å². The predicted octanol–water partition coefficient (Wildman–Crippen LogP) is 6.04. The minimum atomic E-state index is -4.01. The van der Waals surface area contributed by atoms with Crippen molar-refractivity contribution in [2.24, 2.45) is 11.3 Å². The van der Waals surface area contributed by atoms with Gasteiger partial charge in [0.25, 0.3) is 5.91 Å². The number of hydrogen-bond acceptors (Lipinski definition) is 10. The molecule has 0 spiro atoms. The third-order valence-corrected chi connectivity index (χ3v) is 13.1. The molecule has 5 atom stereocenters. The predicted molar refractivity (Wildman–Crippen MR) is 224 cm³/mol. The number of aromatic nitrogens is 1. The second kappa shape index (κ2) is 16.8. The zero-order valence-corrected chi connectivity index (χ0v) is 35.8. The Labute approximate surface area is 346 Å². The van der Waals surface area contributed by atoms with Gasteiger partial charge in [0.2, 0.25) is 21.8 Å². The molecule has 59 heavy (non-hydrogen) atoms. The third-order valence-electron chi connectivity index (χ3n) is 11.2. The molecule has 3 fully saturated rings. The van der Waals surface area contributed by atoms with Gasteiger partial charge >= 0.3 is 6.09 Å². The van der Waals surface area contributed by atoms with Gasteiger partial charge in [-0.3, -0.25) is 19.1 Å². The van der Waals surface area contributed by atoms with Crippen LogP contribution in [-0.4, -0.2) is 90.3 Å². The molecule has 6 rings (SSSR count). The summed E-state index contributed by atoms with van der Waals surface area (Å²) in [4.78, 5) is 62.6. The number of carbonyl (C=O) groups excluding carboxylic acids is 4. The van der Waals surface area contributed by atoms with E-state index in [1.165, 1.54) is 11.0 Å². The first-order chi connectivity index (χ1) is 27.7. The van der Waals surface area contributed by atoms with Gasteiger partial charge in [0.15, 0.2) is 0 Å². The maximum Gasteiger partial charge on any atom is 0.408 e. The van der Waals surface area contributed by atoms with Crippen LogP contribution in [-0.2, 0) is 29.1 Å². The number of pyridine rings is 1. The number of benzene rings is 2. The monoisotopic (exact) mass is 831 g/mol. The van der Waals surface area contributed by atoms with E-state index in [4.69, 9.17) is 19.2 Å². The zero-order chi connectivity index (χ0) is 42.9. The van der Waals surface area contributed by atoms with Crippen LogP contribution in [0.15, 0.2) is 67.3 Å². The number of likely N-dealkylation sites (tertiary alicyclic amines) is 1. The van der Waals surface area contributed by atoms with E-state index < -0.39 is 79.7 Å². The van der Waals surface area contributed by atoms with Gasteiger partial charge in [0.05, 0.1) is 30.1 Å². The first-order valence-electron chi connectivity index (χ1n) is 20.3. The van der Waals surface area contributed by atoms with Crippen molar-refractivity contribution in [3.05, 3.63) is 67.3 Å². The van der Waals surface area contributed by atoms with Crippen molar-refractivity contribution in [1.29, 1.82) is 0 Å². The van der Waals surface area contributed by atoms with Crippen LogP contribution in [0.1, 0.15) is 86.5 Å². The Kier molecular flexibility index (Phi) is 12.4. The molecule has 2 aliphatic carbocycles. The largest absolute Gasteiger partial charge is 0.497 e. The van der Waals surface area contributed by atoms with Gasteiger partial charge in [-0.2, -0.15) is 0 Å². The fourth-order valence-corrected chi connectivity index (χ4v) is 9.53. The molecule has 14 nitrogen and oxygen atoms in total. The summed E-state index contributed by atoms with van der Waals surface area (Å²) in [7, 11) is -2.44. The Bertz CT molecular complexity index is 2190. The molecule has 2 saturated carbocycles. The lowest BCUT2D eigenvalue weighted by Gasteiger charge is -2.36. The number of nitrogens with one attached hydrogen (secondary N) is 3. The molecule has 4 amide bonds. The number of nitrogens with zero attached hydrogens (tertiary/aromatic N) is 2. The summed E-state index contributed by atoms with van der Waals surface area (Å²) in [6.45, 7) is 14.3. The Hall–Kier alpha value is -5.18. The highest BCUT2D eigenvalue weighted by atomic mass is 32.2. The smallest absolute Gasteiger partial charge is 0.408 e. The average Bonchev–Trinajstić information content (AvgIpc) is 3.74. The SMILES string of the molecule is C=C[C@@H]1C[C@]1(NC(=O)[C@@H]1C[C@@H](Oc2cc(-c3ccccc3)nc3cc(OC)ccc23)CN1C(=O)[C@@H](NC(=O)OC(C)(C)C)C(C)(C)C)C(=O)NS(=O)(=O)C1CCCCC1. The molecule has 1 aliphatic heterocycles. The molecule has 0 radical (unpaired) electrons. The lowest BCUT2D eigenvalue weighted by molar-refractivity contribution is -0.143. The van der Waals surface area contributed by atoms with Crippen molar-refractivity contribution in [1.82, 2.24) is 25.2 Å². The molecule has 0 bridgehead atoms. The van der Waals surface area contributed by atoms with Crippen molar-refractivity contribution in [3.8, 4) is 22.8 Å². The van der Waals surface area contributed by atoms with Crippen molar-refractivity contribution in [3.63, 3.8) is 0 Å². The van der Waals surface area contributed by atoms with Crippen LogP contribution in [0.5, 0.6) is 11.5 Å². The van der Waals surface area contributed by atoms with Gasteiger partial charge in [-0.15, -0.1) is 6.58 Å². The van der Waals surface area contributed by atoms with E-state index in [-0.39, 0.29) is 19.4 Å². The number of sulfonamides is 1. The highest BCUT2D eigenvalue weighted by Gasteiger charge is 2.62. The molecule has 3 N–H and O–H groups in total. The molecule has 1 saturated heterocycles. The second-order valence-electron chi connectivity index (χ2n) is 17.9. The first kappa shape index (κ1) is 43.4. The molecule has 2 aromatic carbocycles. The number of alkyl carbamates (subject to hydrolysis) is 1. The summed E-state index contributed by atoms with van der Waals surface area (Å²) in [5.41, 5.74) is -1.17. The van der Waals surface area contributed by atoms with Gasteiger partial charge in [-0.25, -0.2) is 18.2 Å². The average molecular weight is 832 g/mol. The molecule has 0 unspecified atom stereocenters. The number of fused-ring (bicyclic) bond motifs is 1. The highest BCUT2D eigenvalue weighted by Crippen LogP contribution is 2.45. The van der Waals surface area contributed by atoms with Crippen LogP contribution >= 0.6 is 0 Å². The van der Waals surface area contributed by atoms with Crippen molar-refractivity contribution < 1.29 is 41.8 Å². The minimum absolute atomic E-state index is 0.0122. The number of rotatable bonds is 12. The van der Waals surface area contributed by atoms with Crippen LogP contribution in [0, 0.1) is 11.3 Å². The molecule has 15 heteroatoms. The van der Waals surface area contributed by atoms with Crippen LogP contribution in [0.2, 0.25) is 0 Å². The topological polar surface area (TPSA) is 182 Å². The third kappa shape index (κ3) is 9.83. The van der Waals surface area contributed by atoms with E-state index >= 15 is 0 Å². The standard InChI is InChI=1S/C44H57N5O9S/c1-9-28-25-44(28,40(52)48-59(54,55)31-18-14-11-15-19-31)47-38(50)35-23-30(26-49(35)39(51)37(42(2,3)4)46-41(53)58-43(5,6)7)57-36-24-33(27-16-12-10-13-17-27)45-34-22-29(56-8)20-21-32(34)36/h9-10,12-13,16-17,20-22,24,28,30-31,35,37H,1,11,14-15,18-19,23,25-26H2,2-8H3,(H,46,53)(H,47,50)(H,48,52)/t28-,30-,35+,37-,44-/m1/s1. The molecular formula is C44H57N5O9S. The summed E-state index contributed by atoms with van der Waals surface area (Å²) in [5.74, 6) is -1.54. The lowest BCUT2D eigenvalue weighted by atomic mass is 9.85. The maximum atomic E-state index is 14.7. The molecular weight excluding hydrogens is 775 g/mol. The fourth-order valence-electron chi connectivity index (χ4n) is 7.97. The Morgan fingerprint density at radius 1 is 0.983 bits per heavy atom. The van der Waals surface area contributed by atoms with E-state index in [0.717, 1.165) is 24.8 Å². The summed E-state index contributed by atoms with van der Waals surface area (Å²) in [5, 5.41) is 5.57. The number of carbonyl (C=O) groups is 4. The fraction of sp³-hybridized carbons (Fsp3) is 0.523. The van der Waals surface area contributed by atoms with Crippen LogP contribution in [0.3, 0.4) is 0 Å². The van der Waals surface area contributed by atoms with Crippen LogP contribution in [0.25, 0.3) is 22.2 Å². The summed E-state index contributed by atoms with van der Waals surface area (Å²) < 4.78 is 46.7. The van der Waals surface area contributed by atoms with E-state index in [1.54, 1.807) is 60.8 Å². The quantitative estimate of drug-likeness (QED) is 0.182. The lowest BCUT2D eigenvalue weighted by Crippen LogP contribution is -2.60. The van der Waals surface area contributed by atoms with E-state index in [9.17, 15) is 27.6 Å². The van der Waals surface area contributed by atoms with Gasteiger partial charge in [-0.1, -0.05) is 76.4 Å². The zero-order valence-electron chi connectivity index (χ0n) is 35.0. The molecule has 318 valence electrons. The summed E-state index contributed by atoms with van der Waals surface area (Å²) in [6, 6.07) is 14.5. The highest BCUT2D eigenvalue weighted by molar-refractivity contribution is 7.90. The first-order valence-corrected chi connectivity index (χ1v) is 21.8. The van der Waals surface area contributed by atoms with Crippen LogP contribution in [0.4, 0.5) is 4.79 Å². The Morgan fingerprint density at radius 2 is 1.68 bits per heavy atom. The van der Waals surface area contributed by atoms with E-state index in [1.807, 2.05) is 42.5 Å². The molecule has 3 aliphatic rings. The number of hydrogen-bond donors (Lipinski definition) is 3. The van der Waals surface area contributed by atoms with Crippen molar-refractivity contribution in [2.45, 2.75) is 121 Å². The number of methoxy groups -OCH3 is 1. The van der Waals surface area contributed by atoms with Crippen molar-refractivity contribution >= 4 is 44.7 Å². The second-order valence-corrected chi connectivity index (χ2v) is 19.9. The van der Waals surface area contributed by atoms with Gasteiger partial charge in [0.1, 0.15) is 40.8 Å². The molecule has 3 aromatic rings.